The molecule has 1 amide bonds. The van der Waals surface area contributed by atoms with E-state index in [0.29, 0.717) is 16.2 Å². The number of sulfonamides is 1. The van der Waals surface area contributed by atoms with Crippen LogP contribution in [0.1, 0.15) is 18.5 Å². The third-order valence-electron chi connectivity index (χ3n) is 5.36. The topological polar surface area (TPSA) is 115 Å². The van der Waals surface area contributed by atoms with Gasteiger partial charge in [0, 0.05) is 26.2 Å². The molecular weight excluding hydrogens is 468 g/mol. The van der Waals surface area contributed by atoms with Crippen LogP contribution in [-0.2, 0) is 14.8 Å². The summed E-state index contributed by atoms with van der Waals surface area (Å²) in [5.74, 6) is 0.462. The number of aromatic nitrogens is 3. The Kier molecular flexibility index (Phi) is 6.25. The van der Waals surface area contributed by atoms with Gasteiger partial charge in [-0.1, -0.05) is 6.07 Å². The van der Waals surface area contributed by atoms with Gasteiger partial charge in [0.05, 0.1) is 21.4 Å². The molecule has 1 aliphatic rings. The number of hydrogen-bond donors (Lipinski definition) is 1. The maximum atomic E-state index is 13.2. The summed E-state index contributed by atoms with van der Waals surface area (Å²) in [4.78, 5) is 15.9. The Labute approximate surface area is 194 Å². The van der Waals surface area contributed by atoms with Crippen molar-refractivity contribution in [2.45, 2.75) is 17.9 Å². The number of thiophene rings is 1. The van der Waals surface area contributed by atoms with Crippen LogP contribution in [0.5, 0.6) is 0 Å². The molecule has 4 rings (SSSR count). The quantitative estimate of drug-likeness (QED) is 0.552. The fourth-order valence-corrected chi connectivity index (χ4v) is 6.04. The number of benzene rings is 1. The number of nitrogens with one attached hydrogen (secondary N) is 1. The second kappa shape index (κ2) is 8.95. The number of hydrogen-bond acceptors (Lipinski definition) is 7. The summed E-state index contributed by atoms with van der Waals surface area (Å²) >= 11 is 6.86. The maximum Gasteiger partial charge on any atom is 0.245 e. The lowest BCUT2D eigenvalue weighted by Gasteiger charge is -2.35. The van der Waals surface area contributed by atoms with Crippen molar-refractivity contribution in [2.24, 2.45) is 0 Å². The van der Waals surface area contributed by atoms with Crippen molar-refractivity contribution in [3.8, 4) is 16.8 Å². The summed E-state index contributed by atoms with van der Waals surface area (Å²) in [7, 11) is -3.69. The predicted molar refractivity (Wildman–Crippen MR) is 122 cm³/mol. The van der Waals surface area contributed by atoms with E-state index in [4.69, 9.17) is 17.5 Å². The van der Waals surface area contributed by atoms with Gasteiger partial charge in [-0.05, 0) is 54.9 Å². The highest BCUT2D eigenvalue weighted by Gasteiger charge is 2.32. The zero-order valence-electron chi connectivity index (χ0n) is 17.1. The van der Waals surface area contributed by atoms with E-state index in [2.05, 4.69) is 10.2 Å². The van der Waals surface area contributed by atoms with Gasteiger partial charge >= 0.3 is 0 Å². The molecule has 0 saturated carbocycles. The average Bonchev–Trinajstić information content (AvgIpc) is 3.48. The van der Waals surface area contributed by atoms with Crippen molar-refractivity contribution in [1.29, 1.82) is 5.26 Å². The monoisotopic (exact) mass is 488 g/mol. The first kappa shape index (κ1) is 22.3. The van der Waals surface area contributed by atoms with Crippen molar-refractivity contribution >= 4 is 39.5 Å². The maximum absolute atomic E-state index is 13.2. The molecule has 0 spiro atoms. The zero-order chi connectivity index (χ0) is 22.9. The van der Waals surface area contributed by atoms with E-state index >= 15 is 0 Å². The van der Waals surface area contributed by atoms with E-state index in [9.17, 15) is 13.2 Å². The molecule has 0 aliphatic carbocycles. The molecule has 1 atom stereocenters. The van der Waals surface area contributed by atoms with Crippen molar-refractivity contribution in [2.75, 3.05) is 26.2 Å². The van der Waals surface area contributed by atoms with Crippen LogP contribution < -0.4 is 0 Å². The molecule has 32 heavy (non-hydrogen) atoms. The van der Waals surface area contributed by atoms with E-state index in [-0.39, 0.29) is 37.0 Å². The first-order chi connectivity index (χ1) is 15.3. The van der Waals surface area contributed by atoms with Gasteiger partial charge in [0.1, 0.15) is 6.04 Å². The van der Waals surface area contributed by atoms with Crippen LogP contribution in [0.25, 0.3) is 10.7 Å². The van der Waals surface area contributed by atoms with Crippen molar-refractivity contribution in [1.82, 2.24) is 24.0 Å². The molecule has 1 aliphatic heterocycles. The van der Waals surface area contributed by atoms with Crippen LogP contribution >= 0.6 is 23.6 Å². The van der Waals surface area contributed by atoms with Gasteiger partial charge in [-0.15, -0.1) is 11.3 Å². The lowest BCUT2D eigenvalue weighted by Crippen LogP contribution is -2.51. The van der Waals surface area contributed by atoms with Crippen molar-refractivity contribution in [3.63, 3.8) is 0 Å². The number of nitriles is 1. The molecule has 1 fully saturated rings. The average molecular weight is 489 g/mol. The lowest BCUT2D eigenvalue weighted by molar-refractivity contribution is -0.135. The van der Waals surface area contributed by atoms with Gasteiger partial charge in [0.15, 0.2) is 10.6 Å². The number of aromatic amines is 1. The SMILES string of the molecule is CC(C(=O)N1CCN(S(=O)(=O)c2ccc(C#N)cc2)CC1)n1c(-c2cccs2)n[nH]c1=S. The van der Waals surface area contributed by atoms with Gasteiger partial charge in [-0.3, -0.25) is 14.5 Å². The molecule has 2 aromatic heterocycles. The molecule has 12 heteroatoms. The molecule has 3 heterocycles. The van der Waals surface area contributed by atoms with Gasteiger partial charge in [-0.2, -0.15) is 14.7 Å². The third kappa shape index (κ3) is 4.12. The van der Waals surface area contributed by atoms with E-state index in [1.54, 1.807) is 16.4 Å². The fourth-order valence-electron chi connectivity index (χ4n) is 3.62. The minimum Gasteiger partial charge on any atom is -0.338 e. The Morgan fingerprint density at radius 2 is 1.91 bits per heavy atom. The number of piperazine rings is 1. The summed E-state index contributed by atoms with van der Waals surface area (Å²) in [6, 6.07) is 11.0. The minimum absolute atomic E-state index is 0.134. The van der Waals surface area contributed by atoms with Crippen molar-refractivity contribution in [3.05, 3.63) is 52.1 Å². The lowest BCUT2D eigenvalue weighted by atomic mass is 10.2. The highest BCUT2D eigenvalue weighted by atomic mass is 32.2. The Hall–Kier alpha value is -2.85. The van der Waals surface area contributed by atoms with Crippen LogP contribution in [0.2, 0.25) is 0 Å². The molecule has 1 aromatic carbocycles. The number of rotatable bonds is 5. The highest BCUT2D eigenvalue weighted by molar-refractivity contribution is 7.89. The molecule has 166 valence electrons. The number of nitrogens with zero attached hydrogens (tertiary/aromatic N) is 5. The number of amides is 1. The summed E-state index contributed by atoms with van der Waals surface area (Å²) < 4.78 is 29.3. The first-order valence-electron chi connectivity index (χ1n) is 9.83. The second-order valence-corrected chi connectivity index (χ2v) is 10.5. The summed E-state index contributed by atoms with van der Waals surface area (Å²) in [6.07, 6.45) is 0. The molecule has 0 radical (unpaired) electrons. The summed E-state index contributed by atoms with van der Waals surface area (Å²) in [6.45, 7) is 2.70. The van der Waals surface area contributed by atoms with Gasteiger partial charge in [0.25, 0.3) is 0 Å². The van der Waals surface area contributed by atoms with E-state index < -0.39 is 16.1 Å². The predicted octanol–water partition coefficient (Wildman–Crippen LogP) is 2.63. The first-order valence-corrected chi connectivity index (χ1v) is 12.6. The molecule has 1 saturated heterocycles. The van der Waals surface area contributed by atoms with Crippen LogP contribution in [0.15, 0.2) is 46.7 Å². The summed E-state index contributed by atoms with van der Waals surface area (Å²) in [5, 5.41) is 17.9. The Morgan fingerprint density at radius 1 is 1.22 bits per heavy atom. The second-order valence-electron chi connectivity index (χ2n) is 7.24. The number of carbonyl (C=O) groups is 1. The molecule has 0 bridgehead atoms. The van der Waals surface area contributed by atoms with Gasteiger partial charge in [0.2, 0.25) is 15.9 Å². The molecule has 1 N–H and O–H groups in total. The fraction of sp³-hybridized carbons (Fsp3) is 0.300. The van der Waals surface area contributed by atoms with Gasteiger partial charge in [-0.25, -0.2) is 8.42 Å². The van der Waals surface area contributed by atoms with Crippen LogP contribution in [0.3, 0.4) is 0 Å². The minimum atomic E-state index is -3.69. The molecular formula is C20H20N6O3S3. The normalized spacial score (nSPS) is 15.9. The van der Waals surface area contributed by atoms with Crippen LogP contribution in [0.4, 0.5) is 0 Å². The van der Waals surface area contributed by atoms with E-state index in [1.165, 1.54) is 39.9 Å². The molecule has 9 nitrogen and oxygen atoms in total. The van der Waals surface area contributed by atoms with Crippen molar-refractivity contribution < 1.29 is 13.2 Å². The van der Waals surface area contributed by atoms with Gasteiger partial charge < -0.3 is 4.90 Å². The standard InChI is InChI=1S/C20H20N6O3S3/c1-14(26-18(22-23-20(26)30)17-3-2-12-31-17)19(27)24-8-10-25(11-9-24)32(28,29)16-6-4-15(13-21)5-7-16/h2-7,12,14H,8-11H2,1H3,(H,23,30). The Balaban J connectivity index is 1.47. The van der Waals surface area contributed by atoms with E-state index in [0.717, 1.165) is 4.88 Å². The Morgan fingerprint density at radius 3 is 2.50 bits per heavy atom. The highest BCUT2D eigenvalue weighted by Crippen LogP contribution is 2.27. The third-order valence-corrected chi connectivity index (χ3v) is 8.43. The molecule has 3 aromatic rings. The largest absolute Gasteiger partial charge is 0.338 e. The number of H-pyrrole nitrogens is 1. The van der Waals surface area contributed by atoms with Crippen LogP contribution in [0, 0.1) is 16.1 Å². The zero-order valence-corrected chi connectivity index (χ0v) is 19.6. The molecule has 1 unspecified atom stereocenters. The smallest absolute Gasteiger partial charge is 0.245 e. The number of carbonyl (C=O) groups excluding carboxylic acids is 1. The Bertz CT molecular complexity index is 1310. The summed E-state index contributed by atoms with van der Waals surface area (Å²) in [5.41, 5.74) is 0.396. The van der Waals surface area contributed by atoms with Crippen LogP contribution in [-0.4, -0.2) is 64.5 Å². The van der Waals surface area contributed by atoms with E-state index in [1.807, 2.05) is 23.6 Å².